The van der Waals surface area contributed by atoms with Crippen LogP contribution in [0.25, 0.3) is 11.0 Å². The van der Waals surface area contributed by atoms with E-state index in [1.165, 1.54) is 0 Å². The van der Waals surface area contributed by atoms with Crippen LogP contribution in [0, 0.1) is 0 Å². The number of carbonyl (C=O) groups is 1. The molecule has 0 radical (unpaired) electrons. The van der Waals surface area contributed by atoms with Crippen LogP contribution in [0.1, 0.15) is 23.7 Å². The van der Waals surface area contributed by atoms with Crippen LogP contribution in [0.3, 0.4) is 0 Å². The van der Waals surface area contributed by atoms with E-state index in [-0.39, 0.29) is 5.97 Å². The van der Waals surface area contributed by atoms with E-state index in [0.29, 0.717) is 18.2 Å². The number of ether oxygens (including phenoxy) is 1. The number of rotatable bonds is 4. The first kappa shape index (κ1) is 16.1. The van der Waals surface area contributed by atoms with E-state index in [1.54, 1.807) is 17.1 Å². The molecule has 0 saturated carbocycles. The minimum atomic E-state index is -0.318. The number of pyridine rings is 1. The summed E-state index contributed by atoms with van der Waals surface area (Å²) in [5, 5.41) is 5.24. The van der Waals surface area contributed by atoms with Crippen molar-refractivity contribution in [2.75, 3.05) is 37.7 Å². The normalized spacial score (nSPS) is 20.7. The van der Waals surface area contributed by atoms with Gasteiger partial charge in [-0.15, -0.1) is 0 Å². The van der Waals surface area contributed by atoms with Crippen molar-refractivity contribution in [2.45, 2.75) is 19.4 Å². The van der Waals surface area contributed by atoms with Gasteiger partial charge < -0.3 is 9.64 Å². The van der Waals surface area contributed by atoms with Crippen molar-refractivity contribution < 1.29 is 9.53 Å². The molecule has 132 valence electrons. The average molecular weight is 341 g/mol. The minimum Gasteiger partial charge on any atom is -0.462 e. The lowest BCUT2D eigenvalue weighted by Crippen LogP contribution is -2.36. The highest BCUT2D eigenvalue weighted by Crippen LogP contribution is 2.33. The Labute approximate surface area is 146 Å². The maximum absolute atomic E-state index is 12.5. The van der Waals surface area contributed by atoms with Crippen molar-refractivity contribution in [2.24, 2.45) is 7.05 Å². The molecule has 4 heterocycles. The summed E-state index contributed by atoms with van der Waals surface area (Å²) in [6, 6.07) is 0.505. The van der Waals surface area contributed by atoms with Crippen LogP contribution in [-0.2, 0) is 11.8 Å². The summed E-state index contributed by atoms with van der Waals surface area (Å²) in [5.41, 5.74) is 2.23. The molecule has 4 rings (SSSR count). The third-order valence-corrected chi connectivity index (χ3v) is 5.07. The lowest BCUT2D eigenvalue weighted by Gasteiger charge is -2.25. The second-order valence-corrected chi connectivity index (χ2v) is 6.56. The van der Waals surface area contributed by atoms with Gasteiger partial charge in [-0.3, -0.25) is 9.58 Å². The molecule has 0 N–H and O–H groups in total. The highest BCUT2D eigenvalue weighted by Gasteiger charge is 2.32. The number of esters is 1. The molecule has 2 aliphatic heterocycles. The number of carbonyl (C=O) groups excluding carboxylic acids is 1. The number of fused-ring (bicyclic) bond motifs is 1. The summed E-state index contributed by atoms with van der Waals surface area (Å²) in [6.45, 7) is 6.03. The summed E-state index contributed by atoms with van der Waals surface area (Å²) in [5.74, 6) is -0.318. The molecular formula is C18H23N5O2. The topological polar surface area (TPSA) is 63.5 Å². The van der Waals surface area contributed by atoms with E-state index in [9.17, 15) is 4.79 Å². The van der Waals surface area contributed by atoms with E-state index in [0.717, 1.165) is 49.3 Å². The predicted octanol–water partition coefficient (Wildman–Crippen LogP) is 1.60. The SMILES string of the molecule is CCOC(=O)c1cnc2c(cnn2C)c1N1CC[C@@H](N2CC=CC2)C1. The van der Waals surface area contributed by atoms with Gasteiger partial charge in [-0.2, -0.15) is 5.10 Å². The molecule has 0 spiro atoms. The Morgan fingerprint density at radius 2 is 2.12 bits per heavy atom. The first-order valence-electron chi connectivity index (χ1n) is 8.81. The highest BCUT2D eigenvalue weighted by molar-refractivity contribution is 6.04. The van der Waals surface area contributed by atoms with Gasteiger partial charge in [0.1, 0.15) is 5.56 Å². The van der Waals surface area contributed by atoms with Gasteiger partial charge in [0.2, 0.25) is 0 Å². The largest absolute Gasteiger partial charge is 0.462 e. The molecule has 2 aromatic rings. The Bertz CT molecular complexity index is 820. The van der Waals surface area contributed by atoms with Crippen LogP contribution in [-0.4, -0.2) is 64.5 Å². The lowest BCUT2D eigenvalue weighted by molar-refractivity contribution is 0.0527. The van der Waals surface area contributed by atoms with Crippen molar-refractivity contribution in [3.8, 4) is 0 Å². The molecule has 0 unspecified atom stereocenters. The van der Waals surface area contributed by atoms with Crippen molar-refractivity contribution in [3.05, 3.63) is 30.1 Å². The molecule has 1 saturated heterocycles. The third-order valence-electron chi connectivity index (χ3n) is 5.07. The lowest BCUT2D eigenvalue weighted by atomic mass is 10.1. The van der Waals surface area contributed by atoms with Crippen LogP contribution < -0.4 is 4.90 Å². The van der Waals surface area contributed by atoms with Crippen LogP contribution in [0.4, 0.5) is 5.69 Å². The highest BCUT2D eigenvalue weighted by atomic mass is 16.5. The Morgan fingerprint density at radius 3 is 2.88 bits per heavy atom. The number of hydrogen-bond acceptors (Lipinski definition) is 6. The monoisotopic (exact) mass is 341 g/mol. The molecule has 0 amide bonds. The van der Waals surface area contributed by atoms with E-state index in [4.69, 9.17) is 4.74 Å². The van der Waals surface area contributed by atoms with E-state index >= 15 is 0 Å². The molecule has 1 fully saturated rings. The standard InChI is InChI=1S/C18H23N5O2/c1-3-25-18(24)15-10-19-17-14(11-20-21(17)2)16(15)23-9-6-13(12-23)22-7-4-5-8-22/h4-5,10-11,13H,3,6-9,12H2,1-2H3/t13-/m1/s1. The van der Waals surface area contributed by atoms with Crippen molar-refractivity contribution in [3.63, 3.8) is 0 Å². The number of hydrogen-bond donors (Lipinski definition) is 0. The summed E-state index contributed by atoms with van der Waals surface area (Å²) in [4.78, 5) is 21.7. The van der Waals surface area contributed by atoms with Crippen LogP contribution in [0.2, 0.25) is 0 Å². The second kappa shape index (κ2) is 6.48. The Morgan fingerprint density at radius 1 is 1.32 bits per heavy atom. The number of aromatic nitrogens is 3. The van der Waals surface area contributed by atoms with Gasteiger partial charge in [0.05, 0.1) is 23.9 Å². The average Bonchev–Trinajstić information content (AvgIpc) is 3.35. The summed E-state index contributed by atoms with van der Waals surface area (Å²) in [6.07, 6.45) is 8.96. The fourth-order valence-corrected chi connectivity index (χ4v) is 3.82. The summed E-state index contributed by atoms with van der Waals surface area (Å²) < 4.78 is 7.00. The molecular weight excluding hydrogens is 318 g/mol. The third kappa shape index (κ3) is 2.78. The number of aryl methyl sites for hydroxylation is 1. The van der Waals surface area contributed by atoms with E-state index in [2.05, 4.69) is 32.0 Å². The fourth-order valence-electron chi connectivity index (χ4n) is 3.82. The smallest absolute Gasteiger partial charge is 0.341 e. The molecule has 0 aromatic carbocycles. The summed E-state index contributed by atoms with van der Waals surface area (Å²) >= 11 is 0. The number of nitrogens with zero attached hydrogens (tertiary/aromatic N) is 5. The first-order chi connectivity index (χ1) is 12.2. The zero-order valence-electron chi connectivity index (χ0n) is 14.7. The van der Waals surface area contributed by atoms with Gasteiger partial charge in [0.15, 0.2) is 5.65 Å². The maximum atomic E-state index is 12.5. The molecule has 7 heteroatoms. The van der Waals surface area contributed by atoms with Crippen molar-refractivity contribution in [1.29, 1.82) is 0 Å². The molecule has 25 heavy (non-hydrogen) atoms. The predicted molar refractivity (Wildman–Crippen MR) is 95.8 cm³/mol. The van der Waals surface area contributed by atoms with E-state index in [1.807, 2.05) is 14.0 Å². The van der Waals surface area contributed by atoms with Crippen LogP contribution in [0.15, 0.2) is 24.5 Å². The van der Waals surface area contributed by atoms with Crippen LogP contribution in [0.5, 0.6) is 0 Å². The van der Waals surface area contributed by atoms with Gasteiger partial charge in [0.25, 0.3) is 0 Å². The van der Waals surface area contributed by atoms with Gasteiger partial charge in [0, 0.05) is 45.5 Å². The van der Waals surface area contributed by atoms with Gasteiger partial charge in [-0.1, -0.05) is 12.2 Å². The van der Waals surface area contributed by atoms with Gasteiger partial charge >= 0.3 is 5.97 Å². The first-order valence-corrected chi connectivity index (χ1v) is 8.81. The molecule has 7 nitrogen and oxygen atoms in total. The quantitative estimate of drug-likeness (QED) is 0.622. The van der Waals surface area contributed by atoms with Gasteiger partial charge in [-0.05, 0) is 13.3 Å². The summed E-state index contributed by atoms with van der Waals surface area (Å²) in [7, 11) is 1.87. The molecule has 2 aliphatic rings. The van der Waals surface area contributed by atoms with Crippen LogP contribution >= 0.6 is 0 Å². The van der Waals surface area contributed by atoms with E-state index < -0.39 is 0 Å². The zero-order chi connectivity index (χ0) is 17.4. The second-order valence-electron chi connectivity index (χ2n) is 6.56. The van der Waals surface area contributed by atoms with Crippen molar-refractivity contribution in [1.82, 2.24) is 19.7 Å². The molecule has 2 aromatic heterocycles. The zero-order valence-corrected chi connectivity index (χ0v) is 14.7. The molecule has 0 bridgehead atoms. The molecule has 0 aliphatic carbocycles. The Hall–Kier alpha value is -2.41. The minimum absolute atomic E-state index is 0.318. The number of anilines is 1. The Kier molecular flexibility index (Phi) is 4.17. The molecule has 1 atom stereocenters. The van der Waals surface area contributed by atoms with Gasteiger partial charge in [-0.25, -0.2) is 9.78 Å². The maximum Gasteiger partial charge on any atom is 0.341 e. The Balaban J connectivity index is 1.71. The van der Waals surface area contributed by atoms with Crippen molar-refractivity contribution >= 4 is 22.7 Å². The fraction of sp³-hybridized carbons (Fsp3) is 0.500.